The number of rotatable bonds is 3. The molecule has 4 heteroatoms. The van der Waals surface area contributed by atoms with Gasteiger partial charge in [-0.15, -0.1) is 0 Å². The average molecular weight is 223 g/mol. The number of carbonyl (C=O) groups excluding carboxylic acids is 1. The average Bonchev–Trinajstić information content (AvgIpc) is 2.27. The summed E-state index contributed by atoms with van der Waals surface area (Å²) in [5.41, 5.74) is 1.14. The topological polar surface area (TPSA) is 59.4 Å². The Balaban J connectivity index is 3.11. The Morgan fingerprint density at radius 2 is 2.19 bits per heavy atom. The van der Waals surface area contributed by atoms with E-state index in [1.165, 1.54) is 7.11 Å². The van der Waals surface area contributed by atoms with Gasteiger partial charge >= 0.3 is 5.97 Å². The first-order chi connectivity index (χ1) is 7.41. The summed E-state index contributed by atoms with van der Waals surface area (Å²) in [5, 5.41) is 9.93. The quantitative estimate of drug-likeness (QED) is 0.782. The third-order valence-corrected chi connectivity index (χ3v) is 2.82. The lowest BCUT2D eigenvalue weighted by Gasteiger charge is -2.30. The SMILES string of the molecule is COC(=O)C(O)C(C)(C)c1ccncc1C. The molecule has 1 N–H and O–H groups in total. The number of methoxy groups -OCH3 is 1. The van der Waals surface area contributed by atoms with Gasteiger partial charge in [0.1, 0.15) is 0 Å². The maximum Gasteiger partial charge on any atom is 0.335 e. The molecule has 0 amide bonds. The van der Waals surface area contributed by atoms with Crippen LogP contribution >= 0.6 is 0 Å². The smallest absolute Gasteiger partial charge is 0.335 e. The van der Waals surface area contributed by atoms with Crippen molar-refractivity contribution in [1.82, 2.24) is 4.98 Å². The normalized spacial score (nSPS) is 13.3. The molecule has 88 valence electrons. The molecule has 0 spiro atoms. The molecule has 0 aliphatic heterocycles. The van der Waals surface area contributed by atoms with Gasteiger partial charge in [0.25, 0.3) is 0 Å². The number of pyridine rings is 1. The van der Waals surface area contributed by atoms with Gasteiger partial charge in [-0.2, -0.15) is 0 Å². The number of aliphatic hydroxyl groups excluding tert-OH is 1. The van der Waals surface area contributed by atoms with E-state index in [4.69, 9.17) is 0 Å². The van der Waals surface area contributed by atoms with Gasteiger partial charge in [-0.05, 0) is 24.1 Å². The molecule has 16 heavy (non-hydrogen) atoms. The van der Waals surface area contributed by atoms with Crippen molar-refractivity contribution in [1.29, 1.82) is 0 Å². The van der Waals surface area contributed by atoms with Gasteiger partial charge in [0.15, 0.2) is 6.10 Å². The summed E-state index contributed by atoms with van der Waals surface area (Å²) in [6, 6.07) is 1.81. The van der Waals surface area contributed by atoms with E-state index in [-0.39, 0.29) is 0 Å². The maximum absolute atomic E-state index is 11.4. The number of ether oxygens (including phenoxy) is 1. The minimum Gasteiger partial charge on any atom is -0.467 e. The van der Waals surface area contributed by atoms with Crippen molar-refractivity contribution in [3.8, 4) is 0 Å². The predicted octanol–water partition coefficient (Wildman–Crippen LogP) is 1.20. The summed E-state index contributed by atoms with van der Waals surface area (Å²) in [5.74, 6) is -0.624. The minimum absolute atomic E-state index is 0.624. The molecular formula is C12H17NO3. The van der Waals surface area contributed by atoms with Crippen LogP contribution in [0.4, 0.5) is 0 Å². The zero-order chi connectivity index (χ0) is 12.3. The lowest BCUT2D eigenvalue weighted by atomic mass is 9.78. The number of nitrogens with zero attached hydrogens (tertiary/aromatic N) is 1. The van der Waals surface area contributed by atoms with Crippen LogP contribution in [0.5, 0.6) is 0 Å². The molecule has 0 radical (unpaired) electrons. The van der Waals surface area contributed by atoms with Crippen LogP contribution in [0.3, 0.4) is 0 Å². The number of hydrogen-bond acceptors (Lipinski definition) is 4. The number of carbonyl (C=O) groups is 1. The first-order valence-corrected chi connectivity index (χ1v) is 5.08. The minimum atomic E-state index is -1.18. The van der Waals surface area contributed by atoms with Gasteiger partial charge in [-0.3, -0.25) is 4.98 Å². The van der Waals surface area contributed by atoms with Crippen LogP contribution < -0.4 is 0 Å². The van der Waals surface area contributed by atoms with Gasteiger partial charge in [-0.1, -0.05) is 13.8 Å². The Labute approximate surface area is 95.3 Å². The van der Waals surface area contributed by atoms with E-state index in [2.05, 4.69) is 9.72 Å². The number of aromatic nitrogens is 1. The molecule has 0 bridgehead atoms. The third-order valence-electron chi connectivity index (χ3n) is 2.82. The van der Waals surface area contributed by atoms with Gasteiger partial charge in [-0.25, -0.2) is 4.79 Å². The summed E-state index contributed by atoms with van der Waals surface area (Å²) >= 11 is 0. The van der Waals surface area contributed by atoms with Gasteiger partial charge < -0.3 is 9.84 Å². The molecule has 0 aliphatic rings. The highest BCUT2D eigenvalue weighted by Crippen LogP contribution is 2.29. The summed E-state index contributed by atoms with van der Waals surface area (Å²) in [7, 11) is 1.26. The number of aliphatic hydroxyl groups is 1. The van der Waals surface area contributed by atoms with E-state index in [1.807, 2.05) is 13.0 Å². The molecule has 4 nitrogen and oxygen atoms in total. The lowest BCUT2D eigenvalue weighted by molar-refractivity contribution is -0.153. The second-order valence-electron chi connectivity index (χ2n) is 4.34. The fraction of sp³-hybridized carbons (Fsp3) is 0.500. The molecule has 1 heterocycles. The Bertz CT molecular complexity index is 388. The van der Waals surface area contributed by atoms with Crippen LogP contribution in [0.1, 0.15) is 25.0 Å². The third kappa shape index (κ3) is 2.22. The highest BCUT2D eigenvalue weighted by Gasteiger charge is 2.36. The molecule has 1 rings (SSSR count). The van der Waals surface area contributed by atoms with E-state index >= 15 is 0 Å². The van der Waals surface area contributed by atoms with Crippen molar-refractivity contribution in [3.05, 3.63) is 29.6 Å². The number of aryl methyl sites for hydroxylation is 1. The van der Waals surface area contributed by atoms with E-state index in [1.54, 1.807) is 26.2 Å². The largest absolute Gasteiger partial charge is 0.467 e. The molecule has 1 aromatic rings. The Kier molecular flexibility index (Phi) is 3.65. The second kappa shape index (κ2) is 4.61. The van der Waals surface area contributed by atoms with Gasteiger partial charge in [0.05, 0.1) is 7.11 Å². The fourth-order valence-corrected chi connectivity index (χ4v) is 1.75. The van der Waals surface area contributed by atoms with Crippen molar-refractivity contribution >= 4 is 5.97 Å². The van der Waals surface area contributed by atoms with E-state index in [9.17, 15) is 9.90 Å². The van der Waals surface area contributed by atoms with E-state index < -0.39 is 17.5 Å². The van der Waals surface area contributed by atoms with Crippen LogP contribution in [0.2, 0.25) is 0 Å². The monoisotopic (exact) mass is 223 g/mol. The maximum atomic E-state index is 11.4. The van der Waals surface area contributed by atoms with Crippen LogP contribution in [-0.4, -0.2) is 29.3 Å². The Hall–Kier alpha value is -1.42. The summed E-state index contributed by atoms with van der Waals surface area (Å²) in [6.07, 6.45) is 2.17. The van der Waals surface area contributed by atoms with Gasteiger partial charge in [0, 0.05) is 17.8 Å². The lowest BCUT2D eigenvalue weighted by Crippen LogP contribution is -2.41. The standard InChI is InChI=1S/C12H17NO3/c1-8-7-13-6-5-9(8)12(2,3)10(14)11(15)16-4/h5-7,10,14H,1-4H3. The molecule has 0 aromatic carbocycles. The Morgan fingerprint density at radius 1 is 1.56 bits per heavy atom. The van der Waals surface area contributed by atoms with E-state index in [0.717, 1.165) is 11.1 Å². The molecule has 0 fully saturated rings. The summed E-state index contributed by atoms with van der Waals surface area (Å²) in [6.45, 7) is 5.50. The summed E-state index contributed by atoms with van der Waals surface area (Å²) in [4.78, 5) is 15.3. The van der Waals surface area contributed by atoms with Crippen molar-refractivity contribution < 1.29 is 14.6 Å². The first-order valence-electron chi connectivity index (χ1n) is 5.08. The van der Waals surface area contributed by atoms with E-state index in [0.29, 0.717) is 0 Å². The van der Waals surface area contributed by atoms with Crippen molar-refractivity contribution in [2.75, 3.05) is 7.11 Å². The van der Waals surface area contributed by atoms with Crippen LogP contribution in [0.15, 0.2) is 18.5 Å². The molecule has 1 atom stereocenters. The Morgan fingerprint density at radius 3 is 2.69 bits per heavy atom. The molecule has 1 unspecified atom stereocenters. The highest BCUT2D eigenvalue weighted by molar-refractivity contribution is 5.76. The van der Waals surface area contributed by atoms with Crippen LogP contribution in [0, 0.1) is 6.92 Å². The molecule has 0 saturated carbocycles. The van der Waals surface area contributed by atoms with Crippen molar-refractivity contribution in [2.45, 2.75) is 32.3 Å². The highest BCUT2D eigenvalue weighted by atomic mass is 16.5. The zero-order valence-electron chi connectivity index (χ0n) is 10.0. The zero-order valence-corrected chi connectivity index (χ0v) is 10.0. The first kappa shape index (κ1) is 12.6. The molecule has 0 aliphatic carbocycles. The van der Waals surface area contributed by atoms with Crippen molar-refractivity contribution in [3.63, 3.8) is 0 Å². The van der Waals surface area contributed by atoms with Crippen LogP contribution in [-0.2, 0) is 14.9 Å². The second-order valence-corrected chi connectivity index (χ2v) is 4.34. The molecule has 0 saturated heterocycles. The molecule has 1 aromatic heterocycles. The van der Waals surface area contributed by atoms with Crippen LogP contribution in [0.25, 0.3) is 0 Å². The predicted molar refractivity (Wildman–Crippen MR) is 60.0 cm³/mol. The summed E-state index contributed by atoms with van der Waals surface area (Å²) < 4.78 is 4.56. The fourth-order valence-electron chi connectivity index (χ4n) is 1.75. The van der Waals surface area contributed by atoms with Gasteiger partial charge in [0.2, 0.25) is 0 Å². The van der Waals surface area contributed by atoms with Crippen molar-refractivity contribution in [2.24, 2.45) is 0 Å². The number of hydrogen-bond donors (Lipinski definition) is 1. The number of esters is 1. The molecular weight excluding hydrogens is 206 g/mol.